The maximum absolute atomic E-state index is 10.7. The minimum atomic E-state index is -0.806. The number of thioether (sulfide) groups is 1. The van der Waals surface area contributed by atoms with E-state index in [1.807, 2.05) is 24.3 Å². The fourth-order valence-electron chi connectivity index (χ4n) is 1.10. The first kappa shape index (κ1) is 10.4. The smallest absolute Gasteiger partial charge is 0.316 e. The second-order valence-electron chi connectivity index (χ2n) is 3.05. The van der Waals surface area contributed by atoms with E-state index in [0.717, 1.165) is 14.6 Å². The molecule has 2 aromatic rings. The van der Waals surface area contributed by atoms with Crippen molar-refractivity contribution in [1.82, 2.24) is 4.98 Å². The molecule has 3 nitrogen and oxygen atoms in total. The third-order valence-corrected chi connectivity index (χ3v) is 4.12. The zero-order chi connectivity index (χ0) is 10.8. The van der Waals surface area contributed by atoms with Gasteiger partial charge in [0.05, 0.1) is 10.2 Å². The van der Waals surface area contributed by atoms with Crippen LogP contribution in [0.25, 0.3) is 10.2 Å². The molecule has 1 aromatic carbocycles. The average Bonchev–Trinajstić information content (AvgIpc) is 2.59. The molecular weight excluding hydrogens is 230 g/mol. The summed E-state index contributed by atoms with van der Waals surface area (Å²) in [7, 11) is 0. The van der Waals surface area contributed by atoms with Crippen LogP contribution in [0.2, 0.25) is 0 Å². The molecule has 0 bridgehead atoms. The fourth-order valence-corrected chi connectivity index (χ4v) is 3.25. The Labute approximate surface area is 95.1 Å². The van der Waals surface area contributed by atoms with Crippen LogP contribution in [0.1, 0.15) is 6.92 Å². The normalized spacial score (nSPS) is 12.9. The monoisotopic (exact) mass is 239 g/mol. The van der Waals surface area contributed by atoms with E-state index in [1.165, 1.54) is 23.1 Å². The van der Waals surface area contributed by atoms with Crippen molar-refractivity contribution < 1.29 is 9.90 Å². The van der Waals surface area contributed by atoms with Gasteiger partial charge >= 0.3 is 5.97 Å². The van der Waals surface area contributed by atoms with Crippen LogP contribution in [-0.4, -0.2) is 21.3 Å². The zero-order valence-electron chi connectivity index (χ0n) is 8.01. The Morgan fingerprint density at radius 2 is 2.27 bits per heavy atom. The average molecular weight is 239 g/mol. The van der Waals surface area contributed by atoms with Gasteiger partial charge in [-0.1, -0.05) is 23.9 Å². The van der Waals surface area contributed by atoms with Crippen LogP contribution in [0.4, 0.5) is 0 Å². The number of carboxylic acid groups (broad SMARTS) is 1. The summed E-state index contributed by atoms with van der Waals surface area (Å²) in [6, 6.07) is 7.80. The highest BCUT2D eigenvalue weighted by atomic mass is 32.2. The molecular formula is C10H9NO2S2. The highest BCUT2D eigenvalue weighted by Gasteiger charge is 2.14. The summed E-state index contributed by atoms with van der Waals surface area (Å²) in [6.45, 7) is 1.67. The molecule has 1 heterocycles. The van der Waals surface area contributed by atoms with E-state index >= 15 is 0 Å². The molecule has 1 atom stereocenters. The maximum atomic E-state index is 10.7. The van der Waals surface area contributed by atoms with E-state index in [0.29, 0.717) is 0 Å². The van der Waals surface area contributed by atoms with Crippen LogP contribution >= 0.6 is 23.1 Å². The van der Waals surface area contributed by atoms with Crippen LogP contribution in [-0.2, 0) is 4.79 Å². The number of carbonyl (C=O) groups is 1. The van der Waals surface area contributed by atoms with Crippen molar-refractivity contribution in [3.63, 3.8) is 0 Å². The number of thiazole rings is 1. The first-order valence-electron chi connectivity index (χ1n) is 4.42. The number of rotatable bonds is 3. The number of carboxylic acids is 1. The Bertz CT molecular complexity index is 462. The van der Waals surface area contributed by atoms with Crippen LogP contribution in [0.3, 0.4) is 0 Å². The van der Waals surface area contributed by atoms with Gasteiger partial charge in [0.15, 0.2) is 4.34 Å². The van der Waals surface area contributed by atoms with Crippen molar-refractivity contribution in [2.75, 3.05) is 0 Å². The van der Waals surface area contributed by atoms with E-state index in [2.05, 4.69) is 4.98 Å². The predicted molar refractivity (Wildman–Crippen MR) is 62.6 cm³/mol. The van der Waals surface area contributed by atoms with Gasteiger partial charge in [-0.3, -0.25) is 4.79 Å². The van der Waals surface area contributed by atoms with Gasteiger partial charge in [0.2, 0.25) is 0 Å². The molecule has 0 saturated heterocycles. The van der Waals surface area contributed by atoms with Crippen molar-refractivity contribution in [3.8, 4) is 0 Å². The van der Waals surface area contributed by atoms with Crippen LogP contribution in [0.5, 0.6) is 0 Å². The van der Waals surface area contributed by atoms with Gasteiger partial charge in [-0.25, -0.2) is 4.98 Å². The number of aliphatic carboxylic acids is 1. The van der Waals surface area contributed by atoms with E-state index in [1.54, 1.807) is 6.92 Å². The standard InChI is InChI=1S/C10H9NO2S2/c1-6(9(12)13)14-10-11-7-4-2-3-5-8(7)15-10/h2-6H,1H3,(H,12,13). The highest BCUT2D eigenvalue weighted by Crippen LogP contribution is 2.31. The molecule has 0 aliphatic rings. The SMILES string of the molecule is CC(Sc1nc2ccccc2s1)C(=O)O. The molecule has 78 valence electrons. The molecule has 0 radical (unpaired) electrons. The first-order chi connectivity index (χ1) is 7.16. The van der Waals surface area contributed by atoms with Gasteiger partial charge in [-0.05, 0) is 19.1 Å². The summed E-state index contributed by atoms with van der Waals surface area (Å²) < 4.78 is 1.91. The molecule has 0 aliphatic carbocycles. The number of fused-ring (bicyclic) bond motifs is 1. The quantitative estimate of drug-likeness (QED) is 0.837. The molecule has 1 N–H and O–H groups in total. The third-order valence-electron chi connectivity index (χ3n) is 1.90. The van der Waals surface area contributed by atoms with E-state index in [9.17, 15) is 4.79 Å². The third kappa shape index (κ3) is 2.30. The number of hydrogen-bond donors (Lipinski definition) is 1. The highest BCUT2D eigenvalue weighted by molar-refractivity contribution is 8.02. The predicted octanol–water partition coefficient (Wildman–Crippen LogP) is 2.86. The number of hydrogen-bond acceptors (Lipinski definition) is 4. The molecule has 1 unspecified atom stereocenters. The Balaban J connectivity index is 2.26. The summed E-state index contributed by atoms with van der Waals surface area (Å²) in [4.78, 5) is 15.0. The summed E-state index contributed by atoms with van der Waals surface area (Å²) in [5, 5.41) is 8.32. The van der Waals surface area contributed by atoms with E-state index < -0.39 is 11.2 Å². The lowest BCUT2D eigenvalue weighted by atomic mass is 10.3. The van der Waals surface area contributed by atoms with Crippen molar-refractivity contribution in [2.45, 2.75) is 16.5 Å². The zero-order valence-corrected chi connectivity index (χ0v) is 9.64. The molecule has 2 rings (SSSR count). The molecule has 0 aliphatic heterocycles. The molecule has 0 amide bonds. The summed E-state index contributed by atoms with van der Waals surface area (Å²) in [5.41, 5.74) is 0.933. The van der Waals surface area contributed by atoms with Crippen molar-refractivity contribution in [1.29, 1.82) is 0 Å². The lowest BCUT2D eigenvalue weighted by Crippen LogP contribution is -2.10. The van der Waals surface area contributed by atoms with E-state index in [-0.39, 0.29) is 0 Å². The number of para-hydroxylation sites is 1. The van der Waals surface area contributed by atoms with Gasteiger partial charge in [-0.2, -0.15) is 0 Å². The van der Waals surface area contributed by atoms with Gasteiger partial charge < -0.3 is 5.11 Å². The van der Waals surface area contributed by atoms with Crippen LogP contribution < -0.4 is 0 Å². The minimum Gasteiger partial charge on any atom is -0.480 e. The van der Waals surface area contributed by atoms with Gasteiger partial charge in [0.1, 0.15) is 5.25 Å². The molecule has 5 heteroatoms. The molecule has 15 heavy (non-hydrogen) atoms. The second-order valence-corrected chi connectivity index (χ2v) is 5.66. The summed E-state index contributed by atoms with van der Waals surface area (Å²) in [5.74, 6) is -0.806. The Kier molecular flexibility index (Phi) is 2.93. The number of nitrogens with zero attached hydrogens (tertiary/aromatic N) is 1. The Hall–Kier alpha value is -1.07. The lowest BCUT2D eigenvalue weighted by molar-refractivity contribution is -0.136. The fraction of sp³-hybridized carbons (Fsp3) is 0.200. The van der Waals surface area contributed by atoms with Crippen molar-refractivity contribution in [2.24, 2.45) is 0 Å². The lowest BCUT2D eigenvalue weighted by Gasteiger charge is -2.00. The first-order valence-corrected chi connectivity index (χ1v) is 6.11. The van der Waals surface area contributed by atoms with E-state index in [4.69, 9.17) is 5.11 Å². The molecule has 0 spiro atoms. The second kappa shape index (κ2) is 4.20. The molecule has 0 fully saturated rings. The van der Waals surface area contributed by atoms with Gasteiger partial charge in [0.25, 0.3) is 0 Å². The number of benzene rings is 1. The van der Waals surface area contributed by atoms with Crippen LogP contribution in [0, 0.1) is 0 Å². The van der Waals surface area contributed by atoms with Crippen LogP contribution in [0.15, 0.2) is 28.6 Å². The molecule has 0 saturated carbocycles. The maximum Gasteiger partial charge on any atom is 0.316 e. The summed E-state index contributed by atoms with van der Waals surface area (Å²) >= 11 is 2.82. The Morgan fingerprint density at radius 3 is 2.93 bits per heavy atom. The van der Waals surface area contributed by atoms with Crippen molar-refractivity contribution in [3.05, 3.63) is 24.3 Å². The Morgan fingerprint density at radius 1 is 1.53 bits per heavy atom. The molecule has 1 aromatic heterocycles. The summed E-state index contributed by atoms with van der Waals surface area (Å²) in [6.07, 6.45) is 0. The number of aromatic nitrogens is 1. The minimum absolute atomic E-state index is 0.453. The van der Waals surface area contributed by atoms with Gasteiger partial charge in [0, 0.05) is 0 Å². The van der Waals surface area contributed by atoms with Crippen molar-refractivity contribution >= 4 is 39.3 Å². The topological polar surface area (TPSA) is 50.2 Å². The van der Waals surface area contributed by atoms with Gasteiger partial charge in [-0.15, -0.1) is 11.3 Å². The largest absolute Gasteiger partial charge is 0.480 e.